The van der Waals surface area contributed by atoms with Crippen LogP contribution in [-0.4, -0.2) is 63.8 Å². The van der Waals surface area contributed by atoms with E-state index in [1.165, 1.54) is 0 Å². The van der Waals surface area contributed by atoms with Gasteiger partial charge in [0.05, 0.1) is 10.4 Å². The molecule has 13 heavy (non-hydrogen) atoms. The zero-order chi connectivity index (χ0) is 10.2. The van der Waals surface area contributed by atoms with Gasteiger partial charge in [0, 0.05) is 0 Å². The molecule has 4 N–H and O–H groups in total. The van der Waals surface area contributed by atoms with Gasteiger partial charge in [0.25, 0.3) is 8.96 Å². The maximum absolute atomic E-state index is 11.2. The first-order valence-corrected chi connectivity index (χ1v) is 6.52. The highest BCUT2D eigenvalue weighted by molar-refractivity contribution is 7.12. The third-order valence-corrected chi connectivity index (χ3v) is 6.22. The molecule has 2 atom stereocenters. The van der Waals surface area contributed by atoms with E-state index < -0.39 is 38.1 Å². The van der Waals surface area contributed by atoms with Crippen molar-refractivity contribution in [3.05, 3.63) is 0 Å². The van der Waals surface area contributed by atoms with Gasteiger partial charge < -0.3 is 29.6 Å². The summed E-state index contributed by atoms with van der Waals surface area (Å²) in [5, 5.41) is 26.1. The predicted molar refractivity (Wildman–Crippen MR) is 48.3 cm³/mol. The van der Waals surface area contributed by atoms with Crippen LogP contribution in [0, 0.1) is 0 Å². The third-order valence-electron chi connectivity index (χ3n) is 2.09. The van der Waals surface area contributed by atoms with Crippen LogP contribution in [0.25, 0.3) is 0 Å². The highest BCUT2D eigenvalue weighted by atomic mass is 28.3. The Balaban J connectivity index is 2.92. The lowest BCUT2D eigenvalue weighted by atomic mass is 10.1. The zero-order valence-electron chi connectivity index (χ0n) is 6.97. The molecule has 0 bridgehead atoms. The van der Waals surface area contributed by atoms with Crippen LogP contribution in [0.15, 0.2) is 0 Å². The molecule has 1 aliphatic rings. The van der Waals surface area contributed by atoms with Crippen molar-refractivity contribution in [2.75, 3.05) is 0 Å². The Kier molecular flexibility index (Phi) is 3.11. The molecule has 1 saturated heterocycles. The van der Waals surface area contributed by atoms with Crippen LogP contribution >= 0.6 is 0 Å². The molecular weight excluding hydrogens is 210 g/mol. The topological polar surface area (TPSA) is 107 Å². The van der Waals surface area contributed by atoms with Gasteiger partial charge in [-0.3, -0.25) is 0 Å². The highest BCUT2D eigenvalue weighted by Crippen LogP contribution is 2.11. The average Bonchev–Trinajstić information content (AvgIpc) is 2.13. The summed E-state index contributed by atoms with van der Waals surface area (Å²) < 4.78 is 2.63. The van der Waals surface area contributed by atoms with Crippen molar-refractivity contribution < 1.29 is 24.9 Å². The second-order valence-electron chi connectivity index (χ2n) is 2.91. The molecule has 0 saturated carbocycles. The molecule has 1 fully saturated rings. The Bertz CT molecular complexity index is 225. The molecular formula is C5H11NO5Si2. The fourth-order valence-electron chi connectivity index (χ4n) is 1.28. The lowest BCUT2D eigenvalue weighted by Gasteiger charge is -2.30. The van der Waals surface area contributed by atoms with Gasteiger partial charge in [-0.05, 0) is 0 Å². The quantitative estimate of drug-likeness (QED) is 0.330. The Labute approximate surface area is 78.8 Å². The largest absolute Gasteiger partial charge is 0.387 e. The maximum Gasteiger partial charge on any atom is 0.261 e. The maximum atomic E-state index is 11.2. The van der Waals surface area contributed by atoms with E-state index in [2.05, 4.69) is 4.65 Å². The van der Waals surface area contributed by atoms with Crippen LogP contribution in [0.1, 0.15) is 0 Å². The smallest absolute Gasteiger partial charge is 0.261 e. The Morgan fingerprint density at radius 1 is 1.15 bits per heavy atom. The van der Waals surface area contributed by atoms with Crippen LogP contribution in [0.5, 0.6) is 0 Å². The monoisotopic (exact) mass is 221 g/mol. The first-order chi connectivity index (χ1) is 6.00. The van der Waals surface area contributed by atoms with Crippen molar-refractivity contribution in [1.82, 2.24) is 4.65 Å². The number of aliphatic hydroxyl groups excluding tert-OH is 3. The van der Waals surface area contributed by atoms with E-state index in [-0.39, 0.29) is 0 Å². The minimum absolute atomic E-state index is 0.448. The summed E-state index contributed by atoms with van der Waals surface area (Å²) in [6.07, 6.45) is -4.91. The SMILES string of the molecule is O=C1C(O)C(O)C(O)C(=O)[SiH]1N[SiH3]. The highest BCUT2D eigenvalue weighted by Gasteiger charge is 2.48. The lowest BCUT2D eigenvalue weighted by Crippen LogP contribution is -2.66. The van der Waals surface area contributed by atoms with Gasteiger partial charge >= 0.3 is 0 Å². The fourth-order valence-corrected chi connectivity index (χ4v) is 4.91. The van der Waals surface area contributed by atoms with Crippen LogP contribution in [0.2, 0.25) is 0 Å². The molecule has 8 heteroatoms. The normalized spacial score (nSPS) is 41.2. The molecule has 2 unspecified atom stereocenters. The molecule has 0 spiro atoms. The fraction of sp³-hybridized carbons (Fsp3) is 0.600. The molecule has 0 radical (unpaired) electrons. The van der Waals surface area contributed by atoms with Gasteiger partial charge in [0.15, 0.2) is 10.8 Å². The van der Waals surface area contributed by atoms with Gasteiger partial charge in [-0.25, -0.2) is 0 Å². The Morgan fingerprint density at radius 3 is 1.85 bits per heavy atom. The van der Waals surface area contributed by atoms with Crippen LogP contribution in [0.3, 0.4) is 0 Å². The standard InChI is InChI=1S/C5H11NO5Si2/c7-1-2(8)4(10)13(6-12)5(11)3(1)9/h1-3,6-9,13H,12H3. The van der Waals surface area contributed by atoms with E-state index in [0.29, 0.717) is 10.4 Å². The number of nitrogens with one attached hydrogen (secondary N) is 1. The van der Waals surface area contributed by atoms with Gasteiger partial charge in [-0.1, -0.05) is 0 Å². The predicted octanol–water partition coefficient (Wildman–Crippen LogP) is -5.11. The summed E-state index contributed by atoms with van der Waals surface area (Å²) in [7, 11) is -2.13. The third kappa shape index (κ3) is 1.64. The summed E-state index contributed by atoms with van der Waals surface area (Å²) in [4.78, 5) is 22.4. The van der Waals surface area contributed by atoms with Crippen molar-refractivity contribution >= 4 is 30.2 Å². The number of carbonyl (C=O) groups excluding carboxylic acids is 2. The minimum atomic E-state index is -2.57. The molecule has 1 heterocycles. The number of rotatable bonds is 1. The lowest BCUT2D eigenvalue weighted by molar-refractivity contribution is -0.144. The van der Waals surface area contributed by atoms with Crippen LogP contribution in [-0.2, 0) is 9.59 Å². The average molecular weight is 221 g/mol. The second-order valence-corrected chi connectivity index (χ2v) is 7.22. The van der Waals surface area contributed by atoms with E-state index in [4.69, 9.17) is 15.3 Å². The van der Waals surface area contributed by atoms with Gasteiger partial charge in [-0.15, -0.1) is 0 Å². The van der Waals surface area contributed by atoms with E-state index >= 15 is 0 Å². The summed E-state index contributed by atoms with van der Waals surface area (Å²) in [5.74, 6) is 0. The van der Waals surface area contributed by atoms with E-state index in [1.54, 1.807) is 0 Å². The Morgan fingerprint density at radius 2 is 1.54 bits per heavy atom. The van der Waals surface area contributed by atoms with E-state index in [0.717, 1.165) is 0 Å². The van der Waals surface area contributed by atoms with Crippen LogP contribution in [0.4, 0.5) is 0 Å². The van der Waals surface area contributed by atoms with Crippen molar-refractivity contribution in [1.29, 1.82) is 0 Å². The number of hydrogen-bond donors (Lipinski definition) is 4. The molecule has 0 aromatic heterocycles. The first-order valence-electron chi connectivity index (χ1n) is 3.79. The summed E-state index contributed by atoms with van der Waals surface area (Å²) in [6.45, 7) is 0. The molecule has 0 aromatic rings. The number of aliphatic hydroxyl groups is 3. The van der Waals surface area contributed by atoms with E-state index in [9.17, 15) is 9.59 Å². The first kappa shape index (κ1) is 10.7. The van der Waals surface area contributed by atoms with E-state index in [1.807, 2.05) is 0 Å². The van der Waals surface area contributed by atoms with Gasteiger partial charge in [0.1, 0.15) is 18.3 Å². The van der Waals surface area contributed by atoms with Crippen molar-refractivity contribution in [2.45, 2.75) is 18.3 Å². The van der Waals surface area contributed by atoms with Crippen molar-refractivity contribution in [3.8, 4) is 0 Å². The second kappa shape index (κ2) is 3.78. The Hall–Kier alpha value is -0.386. The molecule has 0 aliphatic carbocycles. The van der Waals surface area contributed by atoms with Crippen LogP contribution < -0.4 is 4.65 Å². The minimum Gasteiger partial charge on any atom is -0.387 e. The van der Waals surface area contributed by atoms with Crippen molar-refractivity contribution in [3.63, 3.8) is 0 Å². The van der Waals surface area contributed by atoms with Gasteiger partial charge in [-0.2, -0.15) is 0 Å². The molecule has 74 valence electrons. The summed E-state index contributed by atoms with van der Waals surface area (Å²) >= 11 is 0. The molecule has 6 nitrogen and oxygen atoms in total. The molecule has 0 aromatic carbocycles. The number of hydrogen-bond acceptors (Lipinski definition) is 6. The zero-order valence-corrected chi connectivity index (χ0v) is 10.1. The summed E-state index contributed by atoms with van der Waals surface area (Å²) in [5.41, 5.74) is 0. The van der Waals surface area contributed by atoms with Crippen molar-refractivity contribution in [2.24, 2.45) is 0 Å². The molecule has 1 rings (SSSR count). The molecule has 1 aliphatic heterocycles. The number of carbonyl (C=O) groups is 2. The summed E-state index contributed by atoms with van der Waals surface area (Å²) in [6, 6.07) is 0. The molecule has 0 amide bonds. The van der Waals surface area contributed by atoms with Gasteiger partial charge in [0.2, 0.25) is 0 Å².